The van der Waals surface area contributed by atoms with Gasteiger partial charge in [0.05, 0.1) is 5.69 Å². The number of nitrogens with one attached hydrogen (secondary N) is 1. The minimum atomic E-state index is -0.279. The average Bonchev–Trinajstić information content (AvgIpc) is 3.23. The number of imidazole rings is 1. The minimum Gasteiger partial charge on any atom is -0.351 e. The minimum absolute atomic E-state index is 0.106. The van der Waals surface area contributed by atoms with Gasteiger partial charge in [-0.05, 0) is 55.3 Å². The predicted molar refractivity (Wildman–Crippen MR) is 111 cm³/mol. The van der Waals surface area contributed by atoms with Crippen molar-refractivity contribution >= 4 is 33.8 Å². The summed E-state index contributed by atoms with van der Waals surface area (Å²) in [5.41, 5.74) is 3.55. The van der Waals surface area contributed by atoms with Crippen molar-refractivity contribution < 1.29 is 9.18 Å². The Morgan fingerprint density at radius 1 is 1.18 bits per heavy atom. The van der Waals surface area contributed by atoms with Gasteiger partial charge in [-0.15, -0.1) is 0 Å². The molecule has 7 heteroatoms. The molecule has 2 aromatic heterocycles. The number of carbonyl (C=O) groups is 1. The first-order valence-corrected chi connectivity index (χ1v) is 9.98. The zero-order valence-corrected chi connectivity index (χ0v) is 16.6. The zero-order chi connectivity index (χ0) is 19.7. The Kier molecular flexibility index (Phi) is 5.15. The second-order valence-electron chi connectivity index (χ2n) is 6.43. The van der Waals surface area contributed by atoms with E-state index in [0.717, 1.165) is 33.9 Å². The van der Waals surface area contributed by atoms with Crippen LogP contribution in [0.2, 0.25) is 5.02 Å². The Balaban J connectivity index is 1.47. The van der Waals surface area contributed by atoms with E-state index in [4.69, 9.17) is 11.6 Å². The largest absolute Gasteiger partial charge is 0.351 e. The number of nitrogens with zero attached hydrogens (tertiary/aromatic N) is 2. The number of thiazole rings is 1. The topological polar surface area (TPSA) is 46.4 Å². The van der Waals surface area contributed by atoms with Crippen LogP contribution in [0.3, 0.4) is 0 Å². The van der Waals surface area contributed by atoms with E-state index in [2.05, 4.69) is 10.3 Å². The molecule has 1 N–H and O–H groups in total. The summed E-state index contributed by atoms with van der Waals surface area (Å²) < 4.78 is 15.0. The van der Waals surface area contributed by atoms with Crippen molar-refractivity contribution in [2.45, 2.75) is 13.3 Å². The van der Waals surface area contributed by atoms with Gasteiger partial charge in [0.1, 0.15) is 10.7 Å². The third kappa shape index (κ3) is 3.79. The lowest BCUT2D eigenvalue weighted by Crippen LogP contribution is -2.25. The van der Waals surface area contributed by atoms with Gasteiger partial charge in [-0.25, -0.2) is 9.37 Å². The van der Waals surface area contributed by atoms with E-state index < -0.39 is 0 Å². The van der Waals surface area contributed by atoms with Gasteiger partial charge < -0.3 is 5.32 Å². The Morgan fingerprint density at radius 2 is 1.89 bits per heavy atom. The van der Waals surface area contributed by atoms with Crippen molar-refractivity contribution in [2.75, 3.05) is 6.54 Å². The summed E-state index contributed by atoms with van der Waals surface area (Å²) >= 11 is 7.23. The second kappa shape index (κ2) is 7.73. The maximum absolute atomic E-state index is 13.1. The molecule has 142 valence electrons. The SMILES string of the molecule is Cc1c(C(=O)NCCc2ccc(Cl)cc2)sc2nc(-c3ccc(F)cc3)cn12. The van der Waals surface area contributed by atoms with E-state index >= 15 is 0 Å². The van der Waals surface area contributed by atoms with Gasteiger partial charge >= 0.3 is 0 Å². The molecule has 2 heterocycles. The molecule has 4 aromatic rings. The molecule has 2 aromatic carbocycles. The number of carbonyl (C=O) groups excluding carboxylic acids is 1. The summed E-state index contributed by atoms with van der Waals surface area (Å²) in [6, 6.07) is 13.8. The summed E-state index contributed by atoms with van der Waals surface area (Å²) in [6.07, 6.45) is 2.61. The van der Waals surface area contributed by atoms with Crippen molar-refractivity contribution in [2.24, 2.45) is 0 Å². The molecule has 4 rings (SSSR count). The van der Waals surface area contributed by atoms with Gasteiger partial charge in [-0.3, -0.25) is 9.20 Å². The predicted octanol–water partition coefficient (Wildman–Crippen LogP) is 5.14. The highest BCUT2D eigenvalue weighted by Crippen LogP contribution is 2.27. The van der Waals surface area contributed by atoms with E-state index in [9.17, 15) is 9.18 Å². The zero-order valence-electron chi connectivity index (χ0n) is 15.1. The van der Waals surface area contributed by atoms with Crippen LogP contribution in [0.4, 0.5) is 4.39 Å². The Labute approximate surface area is 170 Å². The molecular formula is C21H17ClFN3OS. The number of benzene rings is 2. The third-order valence-electron chi connectivity index (χ3n) is 4.52. The maximum Gasteiger partial charge on any atom is 0.263 e. The number of fused-ring (bicyclic) bond motifs is 1. The number of rotatable bonds is 5. The highest BCUT2D eigenvalue weighted by Gasteiger charge is 2.17. The molecule has 0 bridgehead atoms. The first-order valence-electron chi connectivity index (χ1n) is 8.78. The molecule has 0 unspecified atom stereocenters. The number of hydrogen-bond acceptors (Lipinski definition) is 3. The van der Waals surface area contributed by atoms with E-state index in [0.29, 0.717) is 16.4 Å². The highest BCUT2D eigenvalue weighted by atomic mass is 35.5. The second-order valence-corrected chi connectivity index (χ2v) is 7.85. The van der Waals surface area contributed by atoms with Crippen LogP contribution in [0.1, 0.15) is 20.9 Å². The fourth-order valence-electron chi connectivity index (χ4n) is 2.97. The normalized spacial score (nSPS) is 11.1. The first kappa shape index (κ1) is 18.7. The number of amides is 1. The Morgan fingerprint density at radius 3 is 2.57 bits per heavy atom. The van der Waals surface area contributed by atoms with Gasteiger partial charge in [-0.2, -0.15) is 0 Å². The molecule has 0 aliphatic heterocycles. The molecule has 1 amide bonds. The maximum atomic E-state index is 13.1. The number of aryl methyl sites for hydroxylation is 1. The molecule has 4 nitrogen and oxygen atoms in total. The quantitative estimate of drug-likeness (QED) is 0.492. The van der Waals surface area contributed by atoms with Crippen LogP contribution in [0, 0.1) is 12.7 Å². The van der Waals surface area contributed by atoms with Crippen LogP contribution in [0.5, 0.6) is 0 Å². The van der Waals surface area contributed by atoms with Gasteiger partial charge in [0.15, 0.2) is 4.96 Å². The lowest BCUT2D eigenvalue weighted by molar-refractivity contribution is 0.0957. The molecule has 0 aliphatic carbocycles. The van der Waals surface area contributed by atoms with Crippen LogP contribution in [0.15, 0.2) is 54.7 Å². The fourth-order valence-corrected chi connectivity index (χ4v) is 4.12. The lowest BCUT2D eigenvalue weighted by Gasteiger charge is -2.05. The van der Waals surface area contributed by atoms with Crippen LogP contribution in [0.25, 0.3) is 16.2 Å². The summed E-state index contributed by atoms with van der Waals surface area (Å²) in [7, 11) is 0. The number of halogens is 2. The van der Waals surface area contributed by atoms with Crippen LogP contribution >= 0.6 is 22.9 Å². The number of hydrogen-bond donors (Lipinski definition) is 1. The number of aromatic nitrogens is 2. The summed E-state index contributed by atoms with van der Waals surface area (Å²) in [5, 5.41) is 3.66. The molecule has 0 fully saturated rings. The van der Waals surface area contributed by atoms with Crippen molar-refractivity contribution in [3.05, 3.63) is 81.7 Å². The average molecular weight is 414 g/mol. The molecule has 0 aliphatic rings. The van der Waals surface area contributed by atoms with Crippen molar-refractivity contribution in [1.82, 2.24) is 14.7 Å². The Hall–Kier alpha value is -2.70. The Bertz CT molecular complexity index is 1130. The summed E-state index contributed by atoms with van der Waals surface area (Å²) in [5.74, 6) is -0.385. The van der Waals surface area contributed by atoms with Gasteiger partial charge in [0.2, 0.25) is 0 Å². The molecule has 0 radical (unpaired) electrons. The standard InChI is InChI=1S/C21H17ClFN3OS/c1-13-19(20(27)24-11-10-14-2-6-16(22)7-3-14)28-21-25-18(12-26(13)21)15-4-8-17(23)9-5-15/h2-9,12H,10-11H2,1H3,(H,24,27). The smallest absolute Gasteiger partial charge is 0.263 e. The van der Waals surface area contributed by atoms with E-state index in [-0.39, 0.29) is 11.7 Å². The van der Waals surface area contributed by atoms with E-state index in [1.54, 1.807) is 12.1 Å². The van der Waals surface area contributed by atoms with E-state index in [1.807, 2.05) is 41.8 Å². The van der Waals surface area contributed by atoms with Crippen LogP contribution in [-0.4, -0.2) is 21.8 Å². The van der Waals surface area contributed by atoms with Gasteiger partial charge in [0.25, 0.3) is 5.91 Å². The first-order chi connectivity index (χ1) is 13.5. The van der Waals surface area contributed by atoms with Crippen molar-refractivity contribution in [3.8, 4) is 11.3 Å². The molecule has 0 atom stereocenters. The van der Waals surface area contributed by atoms with Crippen molar-refractivity contribution in [3.63, 3.8) is 0 Å². The lowest BCUT2D eigenvalue weighted by atomic mass is 10.1. The third-order valence-corrected chi connectivity index (χ3v) is 5.92. The summed E-state index contributed by atoms with van der Waals surface area (Å²) in [6.45, 7) is 2.44. The van der Waals surface area contributed by atoms with Gasteiger partial charge in [-0.1, -0.05) is 35.1 Å². The highest BCUT2D eigenvalue weighted by molar-refractivity contribution is 7.19. The fraction of sp³-hybridized carbons (Fsp3) is 0.143. The van der Waals surface area contributed by atoms with Crippen LogP contribution in [-0.2, 0) is 6.42 Å². The monoisotopic (exact) mass is 413 g/mol. The molecule has 28 heavy (non-hydrogen) atoms. The summed E-state index contributed by atoms with van der Waals surface area (Å²) in [4.78, 5) is 18.5. The van der Waals surface area contributed by atoms with Gasteiger partial charge in [0, 0.05) is 29.0 Å². The van der Waals surface area contributed by atoms with E-state index in [1.165, 1.54) is 23.5 Å². The van der Waals surface area contributed by atoms with Crippen LogP contribution < -0.4 is 5.32 Å². The molecular weight excluding hydrogens is 397 g/mol. The van der Waals surface area contributed by atoms with Crippen molar-refractivity contribution in [1.29, 1.82) is 0 Å². The molecule has 0 saturated carbocycles. The molecule has 0 spiro atoms. The molecule has 0 saturated heterocycles.